The Morgan fingerprint density at radius 1 is 1.75 bits per heavy atom. The molecule has 0 aliphatic carbocycles. The highest BCUT2D eigenvalue weighted by Gasteiger charge is 1.91. The lowest BCUT2D eigenvalue weighted by molar-refractivity contribution is 0.565. The van der Waals surface area contributed by atoms with Gasteiger partial charge < -0.3 is 9.26 Å². The summed E-state index contributed by atoms with van der Waals surface area (Å²) in [7, 11) is 0. The second-order valence-electron chi connectivity index (χ2n) is 1.45. The second-order valence-corrected chi connectivity index (χ2v) is 1.45. The van der Waals surface area contributed by atoms with Gasteiger partial charge in [0.25, 0.3) is 0 Å². The summed E-state index contributed by atoms with van der Waals surface area (Å²) in [5, 5.41) is 0. The van der Waals surface area contributed by atoms with Crippen molar-refractivity contribution in [3.05, 3.63) is 35.6 Å². The molecule has 0 radical (unpaired) electrons. The number of furan rings is 1. The van der Waals surface area contributed by atoms with Crippen LogP contribution in [-0.2, 0) is 6.54 Å². The third kappa shape index (κ3) is 0.881. The van der Waals surface area contributed by atoms with Crippen molar-refractivity contribution < 1.29 is 4.42 Å². The Kier molecular flexibility index (Phi) is 1.34. The highest BCUT2D eigenvalue weighted by molar-refractivity contribution is 5.06. The van der Waals surface area contributed by atoms with Crippen LogP contribution in [0.25, 0.3) is 4.85 Å². The van der Waals surface area contributed by atoms with E-state index in [0.29, 0.717) is 6.54 Å². The molecule has 1 aromatic heterocycles. The molecule has 2 nitrogen and oxygen atoms in total. The maximum Gasteiger partial charge on any atom is 0.242 e. The predicted molar refractivity (Wildman–Crippen MR) is 29.0 cm³/mol. The Morgan fingerprint density at radius 2 is 2.62 bits per heavy atom. The average molecular weight is 107 g/mol. The van der Waals surface area contributed by atoms with Crippen molar-refractivity contribution in [2.45, 2.75) is 6.54 Å². The van der Waals surface area contributed by atoms with Gasteiger partial charge in [0.1, 0.15) is 6.26 Å². The summed E-state index contributed by atoms with van der Waals surface area (Å²) >= 11 is 0. The molecule has 0 aromatic carbocycles. The molecule has 0 atom stereocenters. The Hall–Kier alpha value is -1.23. The van der Waals surface area contributed by atoms with Crippen LogP contribution in [0.2, 0.25) is 0 Å². The van der Waals surface area contributed by atoms with Gasteiger partial charge in [0.05, 0.1) is 11.8 Å². The Morgan fingerprint density at radius 3 is 3.12 bits per heavy atom. The lowest BCUT2D eigenvalue weighted by atomic mass is 10.3. The van der Waals surface area contributed by atoms with Crippen molar-refractivity contribution in [3.63, 3.8) is 0 Å². The standard InChI is InChI=1S/C6H5NO/c1-7-4-6-2-3-8-5-6/h2-3,5H,4H2. The molecular formula is C6H5NO. The molecule has 0 saturated heterocycles. The molecule has 0 bridgehead atoms. The Bertz CT molecular complexity index is 183. The van der Waals surface area contributed by atoms with Gasteiger partial charge in [0.2, 0.25) is 6.54 Å². The van der Waals surface area contributed by atoms with E-state index in [1.807, 2.05) is 0 Å². The molecular weight excluding hydrogens is 102 g/mol. The summed E-state index contributed by atoms with van der Waals surface area (Å²) in [6, 6.07) is 1.79. The summed E-state index contributed by atoms with van der Waals surface area (Å²) in [5.41, 5.74) is 0.944. The fraction of sp³-hybridized carbons (Fsp3) is 0.167. The number of hydrogen-bond donors (Lipinski definition) is 0. The Balaban J connectivity index is 2.67. The van der Waals surface area contributed by atoms with Gasteiger partial charge in [0.15, 0.2) is 0 Å². The number of hydrogen-bond acceptors (Lipinski definition) is 1. The minimum atomic E-state index is 0.427. The fourth-order valence-electron chi connectivity index (χ4n) is 0.474. The van der Waals surface area contributed by atoms with E-state index in [9.17, 15) is 0 Å². The van der Waals surface area contributed by atoms with Crippen LogP contribution in [-0.4, -0.2) is 0 Å². The summed E-state index contributed by atoms with van der Waals surface area (Å²) in [6.07, 6.45) is 3.15. The zero-order valence-electron chi connectivity index (χ0n) is 4.29. The lowest BCUT2D eigenvalue weighted by Gasteiger charge is -1.72. The first-order valence-corrected chi connectivity index (χ1v) is 2.28. The zero-order chi connectivity index (χ0) is 5.82. The smallest absolute Gasteiger partial charge is 0.242 e. The van der Waals surface area contributed by atoms with Gasteiger partial charge in [-0.25, -0.2) is 6.57 Å². The molecule has 1 rings (SSSR count). The molecule has 0 amide bonds. The topological polar surface area (TPSA) is 17.5 Å². The molecule has 0 aliphatic rings. The minimum absolute atomic E-state index is 0.427. The van der Waals surface area contributed by atoms with Crippen LogP contribution >= 0.6 is 0 Å². The van der Waals surface area contributed by atoms with Crippen LogP contribution in [0.4, 0.5) is 0 Å². The van der Waals surface area contributed by atoms with E-state index < -0.39 is 0 Å². The van der Waals surface area contributed by atoms with Gasteiger partial charge in [-0.3, -0.25) is 0 Å². The molecule has 0 spiro atoms. The summed E-state index contributed by atoms with van der Waals surface area (Å²) in [6.45, 7) is 6.89. The highest BCUT2D eigenvalue weighted by atomic mass is 16.3. The first-order chi connectivity index (χ1) is 3.93. The van der Waals surface area contributed by atoms with Crippen molar-refractivity contribution in [2.75, 3.05) is 0 Å². The molecule has 0 saturated carbocycles. The van der Waals surface area contributed by atoms with E-state index in [0.717, 1.165) is 5.56 Å². The highest BCUT2D eigenvalue weighted by Crippen LogP contribution is 1.99. The van der Waals surface area contributed by atoms with Crippen molar-refractivity contribution >= 4 is 0 Å². The molecule has 0 N–H and O–H groups in total. The van der Waals surface area contributed by atoms with Crippen molar-refractivity contribution in [2.24, 2.45) is 0 Å². The second kappa shape index (κ2) is 2.17. The SMILES string of the molecule is [C-]#[N+]Cc1ccoc1. The number of nitrogens with zero attached hydrogens (tertiary/aromatic N) is 1. The van der Waals surface area contributed by atoms with E-state index in [-0.39, 0.29) is 0 Å². The van der Waals surface area contributed by atoms with Crippen LogP contribution in [0, 0.1) is 6.57 Å². The molecule has 8 heavy (non-hydrogen) atoms. The summed E-state index contributed by atoms with van der Waals surface area (Å²) in [4.78, 5) is 3.17. The van der Waals surface area contributed by atoms with Crippen molar-refractivity contribution in [3.8, 4) is 0 Å². The largest absolute Gasteiger partial charge is 0.472 e. The first kappa shape index (κ1) is 4.92. The van der Waals surface area contributed by atoms with Gasteiger partial charge >= 0.3 is 0 Å². The maximum atomic E-state index is 6.46. The van der Waals surface area contributed by atoms with Crippen LogP contribution in [0.3, 0.4) is 0 Å². The molecule has 1 heterocycles. The monoisotopic (exact) mass is 107 g/mol. The predicted octanol–water partition coefficient (Wildman–Crippen LogP) is 1.70. The third-order valence-electron chi connectivity index (χ3n) is 0.842. The lowest BCUT2D eigenvalue weighted by Crippen LogP contribution is -1.67. The van der Waals surface area contributed by atoms with E-state index in [1.165, 1.54) is 0 Å². The van der Waals surface area contributed by atoms with Gasteiger partial charge in [-0.05, 0) is 6.07 Å². The average Bonchev–Trinajstić information content (AvgIpc) is 2.19. The van der Waals surface area contributed by atoms with Gasteiger partial charge in [-0.2, -0.15) is 0 Å². The van der Waals surface area contributed by atoms with E-state index in [4.69, 9.17) is 11.0 Å². The maximum absolute atomic E-state index is 6.46. The molecule has 0 fully saturated rings. The summed E-state index contributed by atoms with van der Waals surface area (Å²) in [5.74, 6) is 0. The van der Waals surface area contributed by atoms with Crippen LogP contribution < -0.4 is 0 Å². The third-order valence-corrected chi connectivity index (χ3v) is 0.842. The molecule has 40 valence electrons. The molecule has 0 unspecified atom stereocenters. The quantitative estimate of drug-likeness (QED) is 0.499. The van der Waals surface area contributed by atoms with Crippen molar-refractivity contribution in [1.82, 2.24) is 0 Å². The summed E-state index contributed by atoms with van der Waals surface area (Å²) < 4.78 is 4.72. The van der Waals surface area contributed by atoms with Crippen LogP contribution in [0.5, 0.6) is 0 Å². The van der Waals surface area contributed by atoms with Gasteiger partial charge in [0, 0.05) is 0 Å². The first-order valence-electron chi connectivity index (χ1n) is 2.28. The normalized spacial score (nSPS) is 8.38. The van der Waals surface area contributed by atoms with E-state index in [1.54, 1.807) is 18.6 Å². The molecule has 2 heteroatoms. The zero-order valence-corrected chi connectivity index (χ0v) is 4.29. The Labute approximate surface area is 47.6 Å². The fourth-order valence-corrected chi connectivity index (χ4v) is 0.474. The van der Waals surface area contributed by atoms with E-state index >= 15 is 0 Å². The van der Waals surface area contributed by atoms with E-state index in [2.05, 4.69) is 4.85 Å². The van der Waals surface area contributed by atoms with Crippen LogP contribution in [0.1, 0.15) is 5.56 Å². The molecule has 0 aliphatic heterocycles. The van der Waals surface area contributed by atoms with Gasteiger partial charge in [-0.15, -0.1) is 0 Å². The van der Waals surface area contributed by atoms with Crippen molar-refractivity contribution in [1.29, 1.82) is 0 Å². The molecule has 1 aromatic rings. The van der Waals surface area contributed by atoms with Crippen LogP contribution in [0.15, 0.2) is 23.0 Å². The number of rotatable bonds is 1. The van der Waals surface area contributed by atoms with Gasteiger partial charge in [-0.1, -0.05) is 0 Å². The minimum Gasteiger partial charge on any atom is -0.472 e.